The van der Waals surface area contributed by atoms with E-state index in [0.29, 0.717) is 11.5 Å². The summed E-state index contributed by atoms with van der Waals surface area (Å²) in [5.74, 6) is 1.05. The molecule has 2 aliphatic heterocycles. The summed E-state index contributed by atoms with van der Waals surface area (Å²) in [6.07, 6.45) is -0.927. The van der Waals surface area contributed by atoms with Gasteiger partial charge in [-0.15, -0.1) is 0 Å². The number of aliphatic hydroxyl groups excluding tert-OH is 1. The van der Waals surface area contributed by atoms with Gasteiger partial charge in [-0.05, 0) is 17.7 Å². The van der Waals surface area contributed by atoms with Crippen LogP contribution in [-0.2, 0) is 16.1 Å². The number of hydrogen-bond donors (Lipinski definition) is 1. The number of imide groups is 1. The van der Waals surface area contributed by atoms with Crippen molar-refractivity contribution in [3.8, 4) is 11.5 Å². The number of aliphatic hydroxyl groups is 1. The zero-order valence-corrected chi connectivity index (χ0v) is 12.7. The lowest BCUT2D eigenvalue weighted by Gasteiger charge is -2.18. The van der Waals surface area contributed by atoms with Gasteiger partial charge in [0.25, 0.3) is 0 Å². The molecule has 1 N–H and O–H groups in total. The molecule has 124 valence electrons. The first-order valence-electron chi connectivity index (χ1n) is 7.24. The molecule has 3 amide bonds. The number of carbonyl (C=O) groups is 2. The SMILES string of the molecule is CN1CC(=O)N(CC(O)COCc2ccc3c(c2)OCO3)C1=O. The fourth-order valence-electron chi connectivity index (χ4n) is 2.46. The van der Waals surface area contributed by atoms with Crippen LogP contribution in [-0.4, -0.2) is 66.5 Å². The van der Waals surface area contributed by atoms with Crippen molar-refractivity contribution < 1.29 is 28.9 Å². The highest BCUT2D eigenvalue weighted by Crippen LogP contribution is 2.32. The van der Waals surface area contributed by atoms with Crippen LogP contribution in [0.1, 0.15) is 5.56 Å². The highest BCUT2D eigenvalue weighted by Gasteiger charge is 2.34. The molecule has 0 saturated carbocycles. The van der Waals surface area contributed by atoms with E-state index >= 15 is 0 Å². The highest BCUT2D eigenvalue weighted by atomic mass is 16.7. The number of rotatable bonds is 6. The van der Waals surface area contributed by atoms with Crippen LogP contribution in [0.15, 0.2) is 18.2 Å². The number of likely N-dealkylation sites (N-methyl/N-ethyl adjacent to an activating group) is 1. The van der Waals surface area contributed by atoms with Crippen molar-refractivity contribution in [2.45, 2.75) is 12.7 Å². The maximum atomic E-state index is 11.7. The Labute approximate surface area is 133 Å². The molecule has 0 bridgehead atoms. The van der Waals surface area contributed by atoms with Crippen LogP contribution < -0.4 is 9.47 Å². The fraction of sp³-hybridized carbons (Fsp3) is 0.467. The Morgan fingerprint density at radius 1 is 1.30 bits per heavy atom. The second-order valence-electron chi connectivity index (χ2n) is 5.50. The molecule has 1 atom stereocenters. The maximum Gasteiger partial charge on any atom is 0.327 e. The summed E-state index contributed by atoms with van der Waals surface area (Å²) < 4.78 is 15.9. The predicted octanol–water partition coefficient (Wildman–Crippen LogP) is 0.187. The molecular weight excluding hydrogens is 304 g/mol. The van der Waals surface area contributed by atoms with Gasteiger partial charge in [0.2, 0.25) is 12.7 Å². The third kappa shape index (κ3) is 3.38. The van der Waals surface area contributed by atoms with Gasteiger partial charge in [0.15, 0.2) is 11.5 Å². The number of benzene rings is 1. The molecule has 1 unspecified atom stereocenters. The Bertz CT molecular complexity index is 620. The average Bonchev–Trinajstić information content (AvgIpc) is 3.07. The molecule has 1 fully saturated rings. The number of nitrogens with zero attached hydrogens (tertiary/aromatic N) is 2. The highest BCUT2D eigenvalue weighted by molar-refractivity contribution is 6.01. The average molecular weight is 322 g/mol. The van der Waals surface area contributed by atoms with Crippen molar-refractivity contribution in [2.75, 3.05) is 33.5 Å². The van der Waals surface area contributed by atoms with Crippen molar-refractivity contribution in [1.82, 2.24) is 9.80 Å². The molecule has 23 heavy (non-hydrogen) atoms. The van der Waals surface area contributed by atoms with Gasteiger partial charge in [0.1, 0.15) is 6.54 Å². The zero-order valence-electron chi connectivity index (χ0n) is 12.7. The standard InChI is InChI=1S/C15H18N2O6/c1-16-6-14(19)17(15(16)20)5-11(18)8-21-7-10-2-3-12-13(4-10)23-9-22-12/h2-4,11,18H,5-9H2,1H3. The van der Waals surface area contributed by atoms with Crippen LogP contribution in [0.3, 0.4) is 0 Å². The summed E-state index contributed by atoms with van der Waals surface area (Å²) in [6.45, 7) is 0.502. The van der Waals surface area contributed by atoms with Crippen LogP contribution in [0.5, 0.6) is 11.5 Å². The van der Waals surface area contributed by atoms with Gasteiger partial charge in [-0.25, -0.2) is 4.79 Å². The molecular formula is C15H18N2O6. The first kappa shape index (κ1) is 15.6. The van der Waals surface area contributed by atoms with Gasteiger partial charge in [-0.3, -0.25) is 9.69 Å². The van der Waals surface area contributed by atoms with Crippen molar-refractivity contribution in [3.05, 3.63) is 23.8 Å². The van der Waals surface area contributed by atoms with E-state index in [4.69, 9.17) is 14.2 Å². The van der Waals surface area contributed by atoms with E-state index < -0.39 is 12.1 Å². The number of β-amino-alcohol motifs (C(OH)–C–C–N with tert-alkyl or cyclic N) is 1. The first-order chi connectivity index (χ1) is 11.0. The molecule has 0 spiro atoms. The van der Waals surface area contributed by atoms with Gasteiger partial charge in [0.05, 0.1) is 25.9 Å². The number of hydrogen-bond acceptors (Lipinski definition) is 6. The number of amides is 3. The summed E-state index contributed by atoms with van der Waals surface area (Å²) >= 11 is 0. The fourth-order valence-corrected chi connectivity index (χ4v) is 2.46. The van der Waals surface area contributed by atoms with Crippen molar-refractivity contribution in [3.63, 3.8) is 0 Å². The minimum Gasteiger partial charge on any atom is -0.454 e. The summed E-state index contributed by atoms with van der Waals surface area (Å²) in [4.78, 5) is 25.7. The largest absolute Gasteiger partial charge is 0.454 e. The molecule has 1 saturated heterocycles. The summed E-state index contributed by atoms with van der Waals surface area (Å²) in [6, 6.07) is 5.07. The first-order valence-corrected chi connectivity index (χ1v) is 7.24. The number of urea groups is 1. The molecule has 1 aromatic rings. The summed E-state index contributed by atoms with van der Waals surface area (Å²) in [5.41, 5.74) is 0.884. The lowest BCUT2D eigenvalue weighted by atomic mass is 10.2. The van der Waals surface area contributed by atoms with E-state index in [9.17, 15) is 14.7 Å². The third-order valence-corrected chi connectivity index (χ3v) is 3.64. The van der Waals surface area contributed by atoms with Gasteiger partial charge < -0.3 is 24.2 Å². The number of ether oxygens (including phenoxy) is 3. The Kier molecular flexibility index (Phi) is 4.35. The van der Waals surface area contributed by atoms with Crippen LogP contribution in [0.25, 0.3) is 0 Å². The molecule has 1 aromatic carbocycles. The topological polar surface area (TPSA) is 88.5 Å². The minimum absolute atomic E-state index is 0.0230. The predicted molar refractivity (Wildman–Crippen MR) is 78.0 cm³/mol. The van der Waals surface area contributed by atoms with E-state index in [1.54, 1.807) is 13.1 Å². The molecule has 2 heterocycles. The number of fused-ring (bicyclic) bond motifs is 1. The second-order valence-corrected chi connectivity index (χ2v) is 5.50. The molecule has 2 aliphatic rings. The van der Waals surface area contributed by atoms with Crippen LogP contribution in [0.4, 0.5) is 4.79 Å². The lowest BCUT2D eigenvalue weighted by Crippen LogP contribution is -2.39. The van der Waals surface area contributed by atoms with E-state index in [-0.39, 0.29) is 39.0 Å². The molecule has 3 rings (SSSR count). The monoisotopic (exact) mass is 322 g/mol. The summed E-state index contributed by atoms with van der Waals surface area (Å²) in [7, 11) is 1.54. The molecule has 8 nitrogen and oxygen atoms in total. The second kappa shape index (κ2) is 6.43. The lowest BCUT2D eigenvalue weighted by molar-refractivity contribution is -0.126. The Balaban J connectivity index is 1.45. The molecule has 8 heteroatoms. The van der Waals surface area contributed by atoms with Gasteiger partial charge >= 0.3 is 6.03 Å². The Morgan fingerprint density at radius 3 is 2.83 bits per heavy atom. The van der Waals surface area contributed by atoms with Crippen molar-refractivity contribution in [1.29, 1.82) is 0 Å². The van der Waals surface area contributed by atoms with E-state index in [1.165, 1.54) is 4.90 Å². The van der Waals surface area contributed by atoms with Crippen LogP contribution >= 0.6 is 0 Å². The van der Waals surface area contributed by atoms with Crippen molar-refractivity contribution >= 4 is 11.9 Å². The van der Waals surface area contributed by atoms with Gasteiger partial charge in [0, 0.05) is 7.05 Å². The van der Waals surface area contributed by atoms with Crippen LogP contribution in [0, 0.1) is 0 Å². The van der Waals surface area contributed by atoms with Gasteiger partial charge in [-0.1, -0.05) is 6.07 Å². The maximum absolute atomic E-state index is 11.7. The zero-order chi connectivity index (χ0) is 16.4. The van der Waals surface area contributed by atoms with E-state index in [2.05, 4.69) is 0 Å². The van der Waals surface area contributed by atoms with E-state index in [0.717, 1.165) is 10.5 Å². The minimum atomic E-state index is -0.927. The van der Waals surface area contributed by atoms with E-state index in [1.807, 2.05) is 12.1 Å². The van der Waals surface area contributed by atoms with Gasteiger partial charge in [-0.2, -0.15) is 0 Å². The Morgan fingerprint density at radius 2 is 2.09 bits per heavy atom. The molecule has 0 aliphatic carbocycles. The quantitative estimate of drug-likeness (QED) is 0.752. The normalized spacial score (nSPS) is 18.0. The summed E-state index contributed by atoms with van der Waals surface area (Å²) in [5, 5.41) is 9.93. The molecule has 0 aromatic heterocycles. The number of carbonyl (C=O) groups excluding carboxylic acids is 2. The van der Waals surface area contributed by atoms with Crippen LogP contribution in [0.2, 0.25) is 0 Å². The smallest absolute Gasteiger partial charge is 0.327 e. The van der Waals surface area contributed by atoms with Crippen molar-refractivity contribution in [2.24, 2.45) is 0 Å². The molecule has 0 radical (unpaired) electrons. The third-order valence-electron chi connectivity index (χ3n) is 3.64. The Hall–Kier alpha value is -2.32.